The molecule has 6 aromatic carbocycles. The second-order valence-electron chi connectivity index (χ2n) is 11.0. The maximum Gasteiger partial charge on any atom is 0.495 e. The second kappa shape index (κ2) is 15.9. The molecule has 0 amide bonds. The molecule has 0 fully saturated rings. The van der Waals surface area contributed by atoms with Crippen LogP contribution in [0.2, 0.25) is 5.02 Å². The lowest BCUT2D eigenvalue weighted by Crippen LogP contribution is -2.31. The van der Waals surface area contributed by atoms with Crippen LogP contribution in [0, 0.1) is 20.2 Å². The van der Waals surface area contributed by atoms with Gasteiger partial charge < -0.3 is 18.9 Å². The number of nitrogens with zero attached hydrogens (tertiary/aromatic N) is 4. The summed E-state index contributed by atoms with van der Waals surface area (Å²) in [5, 5.41) is 39.6. The highest BCUT2D eigenvalue weighted by atomic mass is 35.5. The summed E-state index contributed by atoms with van der Waals surface area (Å²) in [5.74, 6) is 1.16. The highest BCUT2D eigenvalue weighted by molar-refractivity contribution is 6.60. The fraction of sp³-hybridized carbons (Fsp3) is 0. The van der Waals surface area contributed by atoms with Gasteiger partial charge in [-0.25, -0.2) is 9.97 Å². The Morgan fingerprint density at radius 1 is 0.558 bits per heavy atom. The van der Waals surface area contributed by atoms with Gasteiger partial charge in [-0.05, 0) is 66.2 Å². The van der Waals surface area contributed by atoms with Crippen molar-refractivity contribution in [3.8, 4) is 34.0 Å². The second-order valence-corrected chi connectivity index (χ2v) is 11.5. The maximum absolute atomic E-state index is 11.2. The van der Waals surface area contributed by atoms with E-state index in [0.717, 1.165) is 27.8 Å². The van der Waals surface area contributed by atoms with Crippen molar-refractivity contribution in [3.63, 3.8) is 0 Å². The summed E-state index contributed by atoms with van der Waals surface area (Å²) in [6.45, 7) is 0. The van der Waals surface area contributed by atoms with Crippen LogP contribution in [-0.4, -0.2) is 37.0 Å². The first-order valence-electron chi connectivity index (χ1n) is 15.6. The molecule has 0 saturated carbocycles. The molecule has 0 aliphatic heterocycles. The number of nitro groups is 2. The molecule has 14 heteroatoms. The molecule has 0 aliphatic rings. The molecule has 2 heterocycles. The first kappa shape index (κ1) is 35.2. The Bertz CT molecular complexity index is 2490. The van der Waals surface area contributed by atoms with Crippen LogP contribution in [0.1, 0.15) is 0 Å². The molecule has 8 rings (SSSR count). The van der Waals surface area contributed by atoms with Gasteiger partial charge in [0.1, 0.15) is 11.0 Å². The zero-order chi connectivity index (χ0) is 36.6. The molecule has 0 spiro atoms. The van der Waals surface area contributed by atoms with Crippen LogP contribution in [0.4, 0.5) is 11.4 Å². The van der Waals surface area contributed by atoms with Gasteiger partial charge in [-0.2, -0.15) is 0 Å². The normalized spacial score (nSPS) is 10.5. The monoisotopic (exact) mass is 712 g/mol. The van der Waals surface area contributed by atoms with Crippen LogP contribution in [0.25, 0.3) is 56.2 Å². The van der Waals surface area contributed by atoms with Crippen molar-refractivity contribution in [1.29, 1.82) is 0 Å². The highest BCUT2D eigenvalue weighted by Gasteiger charge is 2.22. The number of halogens is 1. The van der Waals surface area contributed by atoms with E-state index in [2.05, 4.69) is 9.97 Å². The van der Waals surface area contributed by atoms with Crippen LogP contribution in [-0.2, 0) is 0 Å². The van der Waals surface area contributed by atoms with Crippen molar-refractivity contribution in [2.75, 3.05) is 0 Å². The first-order valence-corrected chi connectivity index (χ1v) is 16.0. The number of rotatable bonds is 6. The van der Waals surface area contributed by atoms with Gasteiger partial charge in [0.25, 0.3) is 11.4 Å². The van der Waals surface area contributed by atoms with E-state index in [4.69, 9.17) is 30.5 Å². The standard InChI is InChI=1S/C19H12N2O3.C13H8ClNO.C6H6BNO4/c22-21(23)17-9-5-4-8-15(17)14-10-11-18-16(12-14)20-19(24-18)13-6-2-1-3-7-13;14-10-6-7-12-11(8-10)15-13(16-12)9-4-2-1-3-5-9;9-7(10)5-3-1-2-4-6(5)8(11)12/h1-12H;1-8H;1-4,9-10H. The fourth-order valence-electron chi connectivity index (χ4n) is 5.15. The van der Waals surface area contributed by atoms with Crippen LogP contribution in [0.3, 0.4) is 0 Å². The molecule has 0 radical (unpaired) electrons. The fourth-order valence-corrected chi connectivity index (χ4v) is 5.32. The molecule has 52 heavy (non-hydrogen) atoms. The highest BCUT2D eigenvalue weighted by Crippen LogP contribution is 2.33. The van der Waals surface area contributed by atoms with E-state index in [0.29, 0.717) is 33.5 Å². The van der Waals surface area contributed by atoms with E-state index in [1.54, 1.807) is 36.4 Å². The number of hydrogen-bond donors (Lipinski definition) is 2. The molecule has 8 aromatic rings. The van der Waals surface area contributed by atoms with Gasteiger partial charge in [0.05, 0.1) is 20.9 Å². The SMILES string of the molecule is Clc1ccc2oc(-c3ccccc3)nc2c1.O=[N+]([O-])c1ccccc1-c1ccc2oc(-c3ccccc3)nc2c1.O=[N+]([O-])c1ccccc1B(O)O. The topological polar surface area (TPSA) is 179 Å². The van der Waals surface area contributed by atoms with Gasteiger partial charge in [0, 0.05) is 28.3 Å². The number of aromatic nitrogens is 2. The number of hydrogen-bond acceptors (Lipinski definition) is 10. The summed E-state index contributed by atoms with van der Waals surface area (Å²) < 4.78 is 11.4. The Balaban J connectivity index is 0.000000144. The van der Waals surface area contributed by atoms with E-state index >= 15 is 0 Å². The lowest BCUT2D eigenvalue weighted by atomic mass is 9.79. The minimum Gasteiger partial charge on any atom is -0.436 e. The van der Waals surface area contributed by atoms with E-state index in [1.807, 2.05) is 78.9 Å². The molecule has 0 saturated heterocycles. The van der Waals surface area contributed by atoms with Gasteiger partial charge in [-0.3, -0.25) is 20.2 Å². The smallest absolute Gasteiger partial charge is 0.436 e. The Labute approximate surface area is 300 Å². The minimum atomic E-state index is -1.80. The Morgan fingerprint density at radius 3 is 1.58 bits per heavy atom. The predicted molar refractivity (Wildman–Crippen MR) is 199 cm³/mol. The number of fused-ring (bicyclic) bond motifs is 2. The quantitative estimate of drug-likeness (QED) is 0.0964. The van der Waals surface area contributed by atoms with Gasteiger partial charge in [-0.1, -0.05) is 84.4 Å². The van der Waals surface area contributed by atoms with Crippen LogP contribution in [0.15, 0.2) is 154 Å². The molecule has 0 atom stereocenters. The Kier molecular flexibility index (Phi) is 10.8. The van der Waals surface area contributed by atoms with Crippen LogP contribution >= 0.6 is 11.6 Å². The molecule has 0 bridgehead atoms. The molecule has 0 aliphatic carbocycles. The summed E-state index contributed by atoms with van der Waals surface area (Å²) in [4.78, 5) is 29.4. The molecule has 12 nitrogen and oxygen atoms in total. The third kappa shape index (κ3) is 8.20. The average molecular weight is 713 g/mol. The average Bonchev–Trinajstić information content (AvgIpc) is 3.80. The van der Waals surface area contributed by atoms with Gasteiger partial charge in [-0.15, -0.1) is 0 Å². The molecule has 256 valence electrons. The molecule has 0 unspecified atom stereocenters. The molecule has 2 aromatic heterocycles. The predicted octanol–water partition coefficient (Wildman–Crippen LogP) is 8.49. The number of oxazole rings is 2. The van der Waals surface area contributed by atoms with Crippen molar-refractivity contribution in [2.45, 2.75) is 0 Å². The van der Waals surface area contributed by atoms with Gasteiger partial charge >= 0.3 is 7.12 Å². The van der Waals surface area contributed by atoms with Crippen molar-refractivity contribution in [3.05, 3.63) is 171 Å². The number of para-hydroxylation sites is 2. The Hall–Kier alpha value is -6.67. The zero-order valence-electron chi connectivity index (χ0n) is 26.9. The lowest BCUT2D eigenvalue weighted by Gasteiger charge is -2.02. The van der Waals surface area contributed by atoms with Crippen LogP contribution in [0.5, 0.6) is 0 Å². The van der Waals surface area contributed by atoms with Crippen molar-refractivity contribution in [2.24, 2.45) is 0 Å². The summed E-state index contributed by atoms with van der Waals surface area (Å²) in [5.41, 5.74) is 5.71. The molecular weight excluding hydrogens is 687 g/mol. The van der Waals surface area contributed by atoms with Crippen molar-refractivity contribution in [1.82, 2.24) is 9.97 Å². The Morgan fingerprint density at radius 2 is 1.04 bits per heavy atom. The van der Waals surface area contributed by atoms with Crippen molar-refractivity contribution < 1.29 is 28.7 Å². The lowest BCUT2D eigenvalue weighted by molar-refractivity contribution is -0.384. The third-order valence-electron chi connectivity index (χ3n) is 7.60. The molecular formula is C38H26BClN4O8. The van der Waals surface area contributed by atoms with E-state index in [1.165, 1.54) is 30.3 Å². The minimum absolute atomic E-state index is 0.0728. The van der Waals surface area contributed by atoms with E-state index < -0.39 is 12.0 Å². The number of nitro benzene ring substituents is 2. The largest absolute Gasteiger partial charge is 0.495 e. The number of benzene rings is 6. The summed E-state index contributed by atoms with van der Waals surface area (Å²) in [7, 11) is -1.80. The van der Waals surface area contributed by atoms with Crippen LogP contribution < -0.4 is 5.46 Å². The first-order chi connectivity index (χ1) is 25.2. The summed E-state index contributed by atoms with van der Waals surface area (Å²) in [6.07, 6.45) is 0. The summed E-state index contributed by atoms with van der Waals surface area (Å²) in [6, 6.07) is 42.4. The van der Waals surface area contributed by atoms with Crippen molar-refractivity contribution >= 4 is 57.8 Å². The van der Waals surface area contributed by atoms with E-state index in [-0.39, 0.29) is 21.8 Å². The van der Waals surface area contributed by atoms with Gasteiger partial charge in [0.15, 0.2) is 11.2 Å². The maximum atomic E-state index is 11.2. The zero-order valence-corrected chi connectivity index (χ0v) is 27.7. The van der Waals surface area contributed by atoms with Gasteiger partial charge in [0.2, 0.25) is 11.8 Å². The van der Waals surface area contributed by atoms with E-state index in [9.17, 15) is 20.2 Å². The summed E-state index contributed by atoms with van der Waals surface area (Å²) >= 11 is 5.89. The molecule has 2 N–H and O–H groups in total. The third-order valence-corrected chi connectivity index (χ3v) is 7.84.